The van der Waals surface area contributed by atoms with Gasteiger partial charge in [-0.1, -0.05) is 0 Å². The van der Waals surface area contributed by atoms with Crippen LogP contribution in [0.25, 0.3) is 6.08 Å². The molecule has 16 heavy (non-hydrogen) atoms. The minimum Gasteiger partial charge on any atom is -0.331 e. The highest BCUT2D eigenvalue weighted by molar-refractivity contribution is 9.10. The number of aromatic nitrogens is 2. The van der Waals surface area contributed by atoms with Crippen LogP contribution in [-0.4, -0.2) is 15.3 Å². The molecule has 5 heteroatoms. The van der Waals surface area contributed by atoms with E-state index < -0.39 is 0 Å². The van der Waals surface area contributed by atoms with Crippen LogP contribution in [0.3, 0.4) is 0 Å². The topological polar surface area (TPSA) is 34.9 Å². The van der Waals surface area contributed by atoms with E-state index in [-0.39, 0.29) is 5.78 Å². The Morgan fingerprint density at radius 3 is 3.00 bits per heavy atom. The molecule has 0 aliphatic carbocycles. The SMILES string of the molecule is Cn1ccnc1C(=O)/C=C/c1cc(Br)cs1. The highest BCUT2D eigenvalue weighted by Crippen LogP contribution is 2.20. The van der Waals surface area contributed by atoms with Gasteiger partial charge in [0.1, 0.15) is 0 Å². The molecular weight excluding hydrogens is 288 g/mol. The number of aryl methyl sites for hydroxylation is 1. The van der Waals surface area contributed by atoms with Crippen molar-refractivity contribution in [2.45, 2.75) is 0 Å². The summed E-state index contributed by atoms with van der Waals surface area (Å²) in [5.41, 5.74) is 0. The van der Waals surface area contributed by atoms with Crippen LogP contribution in [0.2, 0.25) is 0 Å². The van der Waals surface area contributed by atoms with E-state index in [1.165, 1.54) is 0 Å². The number of carbonyl (C=O) groups excluding carboxylic acids is 1. The molecule has 0 amide bonds. The van der Waals surface area contributed by atoms with Gasteiger partial charge in [-0.3, -0.25) is 4.79 Å². The first-order valence-electron chi connectivity index (χ1n) is 4.60. The van der Waals surface area contributed by atoms with Gasteiger partial charge in [0.15, 0.2) is 5.82 Å². The summed E-state index contributed by atoms with van der Waals surface area (Å²) in [5.74, 6) is 0.365. The molecule has 82 valence electrons. The molecule has 0 fully saturated rings. The second kappa shape index (κ2) is 4.76. The lowest BCUT2D eigenvalue weighted by Gasteiger charge is -1.94. The molecule has 0 atom stereocenters. The highest BCUT2D eigenvalue weighted by Gasteiger charge is 2.06. The fourth-order valence-corrected chi connectivity index (χ4v) is 2.59. The number of carbonyl (C=O) groups is 1. The Bertz CT molecular complexity index is 542. The summed E-state index contributed by atoms with van der Waals surface area (Å²) in [7, 11) is 1.80. The molecule has 0 spiro atoms. The average Bonchev–Trinajstić information content (AvgIpc) is 2.84. The van der Waals surface area contributed by atoms with E-state index >= 15 is 0 Å². The van der Waals surface area contributed by atoms with Gasteiger partial charge in [0.05, 0.1) is 0 Å². The second-order valence-electron chi connectivity index (χ2n) is 3.23. The van der Waals surface area contributed by atoms with Crippen molar-refractivity contribution in [2.75, 3.05) is 0 Å². The minimum absolute atomic E-state index is 0.0861. The van der Waals surface area contributed by atoms with Crippen LogP contribution in [0.15, 0.2) is 34.4 Å². The van der Waals surface area contributed by atoms with Gasteiger partial charge in [-0.15, -0.1) is 11.3 Å². The molecule has 0 bridgehead atoms. The summed E-state index contributed by atoms with van der Waals surface area (Å²) in [6.07, 6.45) is 6.71. The van der Waals surface area contributed by atoms with Crippen molar-refractivity contribution in [3.8, 4) is 0 Å². The van der Waals surface area contributed by atoms with Crippen LogP contribution in [0.5, 0.6) is 0 Å². The van der Waals surface area contributed by atoms with Crippen LogP contribution in [0.1, 0.15) is 15.5 Å². The number of imidazole rings is 1. The zero-order valence-electron chi connectivity index (χ0n) is 8.55. The standard InChI is InChI=1S/C11H9BrN2OS/c1-14-5-4-13-11(14)10(15)3-2-9-6-8(12)7-16-9/h2-7H,1H3/b3-2+. The monoisotopic (exact) mass is 296 g/mol. The van der Waals surface area contributed by atoms with Crippen molar-refractivity contribution in [2.24, 2.45) is 7.05 Å². The van der Waals surface area contributed by atoms with Gasteiger partial charge >= 0.3 is 0 Å². The van der Waals surface area contributed by atoms with Crippen LogP contribution in [-0.2, 0) is 7.05 Å². The molecule has 2 heterocycles. The number of halogens is 1. The number of rotatable bonds is 3. The smallest absolute Gasteiger partial charge is 0.221 e. The number of thiophene rings is 1. The summed E-state index contributed by atoms with van der Waals surface area (Å²) in [6, 6.07) is 1.97. The van der Waals surface area contributed by atoms with Crippen molar-refractivity contribution in [1.29, 1.82) is 0 Å². The maximum absolute atomic E-state index is 11.7. The van der Waals surface area contributed by atoms with E-state index in [0.717, 1.165) is 9.35 Å². The molecular formula is C11H9BrN2OS. The van der Waals surface area contributed by atoms with Crippen molar-refractivity contribution in [3.05, 3.63) is 45.1 Å². The highest BCUT2D eigenvalue weighted by atomic mass is 79.9. The maximum atomic E-state index is 11.7. The van der Waals surface area contributed by atoms with Crippen LogP contribution in [0, 0.1) is 0 Å². The fourth-order valence-electron chi connectivity index (χ4n) is 1.25. The molecule has 0 N–H and O–H groups in total. The summed E-state index contributed by atoms with van der Waals surface area (Å²) >= 11 is 4.94. The van der Waals surface area contributed by atoms with E-state index in [4.69, 9.17) is 0 Å². The number of hydrogen-bond donors (Lipinski definition) is 0. The Hall–Kier alpha value is -1.20. The Kier molecular flexibility index (Phi) is 3.36. The zero-order chi connectivity index (χ0) is 11.5. The van der Waals surface area contributed by atoms with Gasteiger partial charge < -0.3 is 4.57 Å². The predicted octanol–water partition coefficient (Wildman–Crippen LogP) is 3.14. The lowest BCUT2D eigenvalue weighted by Crippen LogP contribution is -2.03. The van der Waals surface area contributed by atoms with E-state index in [0.29, 0.717) is 5.82 Å². The first-order valence-corrected chi connectivity index (χ1v) is 6.28. The quantitative estimate of drug-likeness (QED) is 0.644. The summed E-state index contributed by atoms with van der Waals surface area (Å²) in [6.45, 7) is 0. The summed E-state index contributed by atoms with van der Waals surface area (Å²) in [4.78, 5) is 16.8. The third kappa shape index (κ3) is 2.48. The second-order valence-corrected chi connectivity index (χ2v) is 5.09. The number of nitrogens with zero attached hydrogens (tertiary/aromatic N) is 2. The Labute approximate surface area is 106 Å². The van der Waals surface area contributed by atoms with Gasteiger partial charge in [0.2, 0.25) is 5.78 Å². The molecule has 0 aromatic carbocycles. The summed E-state index contributed by atoms with van der Waals surface area (Å²) in [5, 5.41) is 1.98. The molecule has 2 aromatic heterocycles. The van der Waals surface area contributed by atoms with E-state index in [1.54, 1.807) is 47.5 Å². The third-order valence-electron chi connectivity index (χ3n) is 2.03. The van der Waals surface area contributed by atoms with Crippen molar-refractivity contribution in [3.63, 3.8) is 0 Å². The fraction of sp³-hybridized carbons (Fsp3) is 0.0909. The Morgan fingerprint density at radius 1 is 1.62 bits per heavy atom. The number of allylic oxidation sites excluding steroid dienone is 1. The number of ketones is 1. The van der Waals surface area contributed by atoms with Crippen LogP contribution in [0.4, 0.5) is 0 Å². The van der Waals surface area contributed by atoms with E-state index in [1.807, 2.05) is 11.4 Å². The first kappa shape index (κ1) is 11.3. The largest absolute Gasteiger partial charge is 0.331 e. The normalized spacial score (nSPS) is 11.1. The lowest BCUT2D eigenvalue weighted by atomic mass is 10.3. The summed E-state index contributed by atoms with van der Waals surface area (Å²) < 4.78 is 2.73. The van der Waals surface area contributed by atoms with Gasteiger partial charge in [-0.2, -0.15) is 0 Å². The molecule has 0 aliphatic heterocycles. The number of hydrogen-bond acceptors (Lipinski definition) is 3. The Morgan fingerprint density at radius 2 is 2.44 bits per heavy atom. The zero-order valence-corrected chi connectivity index (χ0v) is 11.0. The van der Waals surface area contributed by atoms with Crippen molar-refractivity contribution >= 4 is 39.1 Å². The third-order valence-corrected chi connectivity index (χ3v) is 3.69. The molecule has 0 radical (unpaired) electrons. The lowest BCUT2D eigenvalue weighted by molar-refractivity contribution is 0.103. The van der Waals surface area contributed by atoms with E-state index in [9.17, 15) is 4.79 Å². The Balaban J connectivity index is 2.14. The van der Waals surface area contributed by atoms with Crippen LogP contribution < -0.4 is 0 Å². The van der Waals surface area contributed by atoms with Gasteiger partial charge in [0, 0.05) is 34.2 Å². The van der Waals surface area contributed by atoms with Crippen molar-refractivity contribution in [1.82, 2.24) is 9.55 Å². The molecule has 0 unspecified atom stereocenters. The predicted molar refractivity (Wildman–Crippen MR) is 68.6 cm³/mol. The van der Waals surface area contributed by atoms with Crippen molar-refractivity contribution < 1.29 is 4.79 Å². The molecule has 0 saturated heterocycles. The van der Waals surface area contributed by atoms with Gasteiger partial charge in [-0.25, -0.2) is 4.98 Å². The molecule has 2 rings (SSSR count). The average molecular weight is 297 g/mol. The minimum atomic E-state index is -0.0861. The van der Waals surface area contributed by atoms with E-state index in [2.05, 4.69) is 20.9 Å². The molecule has 0 aliphatic rings. The first-order chi connectivity index (χ1) is 7.66. The van der Waals surface area contributed by atoms with Crippen LogP contribution >= 0.6 is 27.3 Å². The molecule has 3 nitrogen and oxygen atoms in total. The molecule has 2 aromatic rings. The maximum Gasteiger partial charge on any atom is 0.221 e. The van der Waals surface area contributed by atoms with Gasteiger partial charge in [-0.05, 0) is 34.1 Å². The van der Waals surface area contributed by atoms with Gasteiger partial charge in [0.25, 0.3) is 0 Å². The molecule has 0 saturated carbocycles.